The Kier molecular flexibility index (Phi) is 8.24. The van der Waals surface area contributed by atoms with Crippen molar-refractivity contribution >= 4 is 37.9 Å². The molecule has 2 saturated heterocycles. The van der Waals surface area contributed by atoms with Crippen molar-refractivity contribution in [2.45, 2.75) is 40.5 Å². The van der Waals surface area contributed by atoms with Crippen molar-refractivity contribution in [3.8, 4) is 0 Å². The lowest BCUT2D eigenvalue weighted by molar-refractivity contribution is 0.0685. The molecule has 0 aromatic rings. The van der Waals surface area contributed by atoms with Gasteiger partial charge in [0, 0.05) is 22.3 Å². The molecule has 0 unspecified atom stereocenters. The average molecular weight is 386 g/mol. The Morgan fingerprint density at radius 1 is 0.682 bits per heavy atom. The molecule has 0 radical (unpaired) electrons. The van der Waals surface area contributed by atoms with Gasteiger partial charge in [-0.1, -0.05) is 50.5 Å². The summed E-state index contributed by atoms with van der Waals surface area (Å²) in [6.07, 6.45) is 2.39. The van der Waals surface area contributed by atoms with Gasteiger partial charge in [-0.05, 0) is 12.8 Å². The van der Waals surface area contributed by atoms with Gasteiger partial charge < -0.3 is 18.1 Å². The summed E-state index contributed by atoms with van der Waals surface area (Å²) in [6, 6.07) is 0. The molecule has 0 aromatic heterocycles. The van der Waals surface area contributed by atoms with E-state index in [9.17, 15) is 0 Å². The van der Waals surface area contributed by atoms with Gasteiger partial charge in [-0.3, -0.25) is 0 Å². The van der Waals surface area contributed by atoms with Crippen molar-refractivity contribution in [3.63, 3.8) is 0 Å². The first-order valence-electron chi connectivity index (χ1n) is 7.74. The van der Waals surface area contributed by atoms with Crippen LogP contribution in [0.3, 0.4) is 0 Å². The van der Waals surface area contributed by atoms with Crippen LogP contribution in [0, 0.1) is 10.8 Å². The lowest BCUT2D eigenvalue weighted by Crippen LogP contribution is -2.27. The molecule has 2 aliphatic rings. The van der Waals surface area contributed by atoms with Crippen molar-refractivity contribution < 1.29 is 18.1 Å². The van der Waals surface area contributed by atoms with Gasteiger partial charge in [0.1, 0.15) is 0 Å². The van der Waals surface area contributed by atoms with Crippen molar-refractivity contribution in [2.24, 2.45) is 10.8 Å². The Morgan fingerprint density at radius 2 is 1.00 bits per heavy atom. The van der Waals surface area contributed by atoms with Crippen LogP contribution in [-0.4, -0.2) is 37.9 Å². The predicted octanol–water partition coefficient (Wildman–Crippen LogP) is 5.83. The van der Waals surface area contributed by atoms with Crippen LogP contribution in [0.4, 0.5) is 0 Å². The minimum atomic E-state index is -0.709. The molecule has 0 aliphatic carbocycles. The highest BCUT2D eigenvalue weighted by Crippen LogP contribution is 2.57. The fraction of sp³-hybridized carbons (Fsp3) is 1.00. The standard InChI is InChI=1S/C14H28O4P2S2/c1-13(2)9-15-19(16-10-13)21-7-5-6-8-22-20-17-11-14(3,4)12-18-20/h5-12H2,1-4H3. The third-order valence-corrected chi connectivity index (χ3v) is 9.52. The molecule has 0 amide bonds. The Morgan fingerprint density at radius 3 is 1.32 bits per heavy atom. The smallest absolute Gasteiger partial charge is 0.238 e. The van der Waals surface area contributed by atoms with Gasteiger partial charge in [0.05, 0.1) is 26.4 Å². The van der Waals surface area contributed by atoms with Gasteiger partial charge >= 0.3 is 0 Å². The van der Waals surface area contributed by atoms with Gasteiger partial charge in [0.2, 0.25) is 15.2 Å². The first kappa shape index (κ1) is 19.7. The number of unbranched alkanes of at least 4 members (excludes halogenated alkanes) is 1. The molecule has 0 saturated carbocycles. The first-order valence-corrected chi connectivity index (χ1v) is 13.3. The normalized spacial score (nSPS) is 26.2. The molecule has 22 heavy (non-hydrogen) atoms. The molecule has 0 aromatic carbocycles. The third-order valence-electron chi connectivity index (χ3n) is 3.17. The SMILES string of the molecule is CC1(C)COP(SCCCCSP2OCC(C)(C)CO2)OC1. The Labute approximate surface area is 145 Å². The van der Waals surface area contributed by atoms with Gasteiger partial charge in [-0.15, -0.1) is 0 Å². The number of hydrogen-bond acceptors (Lipinski definition) is 6. The molecule has 0 atom stereocenters. The maximum atomic E-state index is 5.78. The van der Waals surface area contributed by atoms with Crippen molar-refractivity contribution in [1.82, 2.24) is 0 Å². The minimum Gasteiger partial charge on any atom is -0.325 e. The first-order chi connectivity index (χ1) is 10.4. The second-order valence-corrected chi connectivity index (χ2v) is 13.8. The maximum absolute atomic E-state index is 5.78. The number of rotatable bonds is 7. The molecule has 2 aliphatic heterocycles. The second kappa shape index (κ2) is 9.20. The van der Waals surface area contributed by atoms with Crippen LogP contribution in [0.2, 0.25) is 0 Å². The lowest BCUT2D eigenvalue weighted by Gasteiger charge is -2.33. The molecule has 4 nitrogen and oxygen atoms in total. The third kappa shape index (κ3) is 7.53. The molecule has 2 heterocycles. The van der Waals surface area contributed by atoms with Gasteiger partial charge in [-0.25, -0.2) is 0 Å². The fourth-order valence-electron chi connectivity index (χ4n) is 1.70. The van der Waals surface area contributed by atoms with E-state index in [2.05, 4.69) is 27.7 Å². The second-order valence-electron chi connectivity index (χ2n) is 7.24. The summed E-state index contributed by atoms with van der Waals surface area (Å²) in [5.74, 6) is 2.22. The monoisotopic (exact) mass is 386 g/mol. The summed E-state index contributed by atoms with van der Waals surface area (Å²) < 4.78 is 23.1. The van der Waals surface area contributed by atoms with Crippen molar-refractivity contribution in [1.29, 1.82) is 0 Å². The van der Waals surface area contributed by atoms with Crippen molar-refractivity contribution in [3.05, 3.63) is 0 Å². The highest BCUT2D eigenvalue weighted by molar-refractivity contribution is 8.53. The van der Waals surface area contributed by atoms with E-state index in [0.717, 1.165) is 37.9 Å². The summed E-state index contributed by atoms with van der Waals surface area (Å²) in [5.41, 5.74) is 0.347. The average Bonchev–Trinajstić information content (AvgIpc) is 2.46. The fourth-order valence-corrected chi connectivity index (χ4v) is 8.13. The van der Waals surface area contributed by atoms with Gasteiger partial charge in [0.25, 0.3) is 0 Å². The van der Waals surface area contributed by atoms with E-state index in [-0.39, 0.29) is 10.8 Å². The molecule has 2 fully saturated rings. The summed E-state index contributed by atoms with van der Waals surface area (Å²) in [4.78, 5) is 0. The van der Waals surface area contributed by atoms with Crippen LogP contribution in [0.1, 0.15) is 40.5 Å². The Hall–Kier alpha value is 1.40. The Balaban J connectivity index is 1.44. The molecule has 0 spiro atoms. The quantitative estimate of drug-likeness (QED) is 0.405. The van der Waals surface area contributed by atoms with Crippen LogP contribution < -0.4 is 0 Å². The van der Waals surface area contributed by atoms with Crippen LogP contribution in [0.25, 0.3) is 0 Å². The topological polar surface area (TPSA) is 36.9 Å². The summed E-state index contributed by atoms with van der Waals surface area (Å²) >= 11 is 3.68. The zero-order valence-corrected chi connectivity index (χ0v) is 17.4. The highest BCUT2D eigenvalue weighted by atomic mass is 32.7. The van der Waals surface area contributed by atoms with E-state index in [1.54, 1.807) is 0 Å². The summed E-state index contributed by atoms with van der Waals surface area (Å²) in [6.45, 7) is 12.0. The van der Waals surface area contributed by atoms with E-state index >= 15 is 0 Å². The van der Waals surface area contributed by atoms with Crippen LogP contribution in [-0.2, 0) is 18.1 Å². The zero-order valence-electron chi connectivity index (χ0n) is 14.0. The zero-order chi connectivity index (χ0) is 16.1. The highest BCUT2D eigenvalue weighted by Gasteiger charge is 2.30. The van der Waals surface area contributed by atoms with E-state index in [1.165, 1.54) is 12.8 Å². The number of hydrogen-bond donors (Lipinski definition) is 0. The van der Waals surface area contributed by atoms with E-state index in [4.69, 9.17) is 18.1 Å². The van der Waals surface area contributed by atoms with E-state index < -0.39 is 15.2 Å². The van der Waals surface area contributed by atoms with Crippen LogP contribution >= 0.6 is 37.9 Å². The van der Waals surface area contributed by atoms with E-state index in [0.29, 0.717) is 0 Å². The van der Waals surface area contributed by atoms with Crippen LogP contribution in [0.5, 0.6) is 0 Å². The maximum Gasteiger partial charge on any atom is 0.238 e. The Bertz CT molecular complexity index is 293. The molecule has 0 N–H and O–H groups in total. The predicted molar refractivity (Wildman–Crippen MR) is 99.4 cm³/mol. The molecule has 2 rings (SSSR count). The lowest BCUT2D eigenvalue weighted by atomic mass is 9.97. The van der Waals surface area contributed by atoms with E-state index in [1.807, 2.05) is 22.8 Å². The van der Waals surface area contributed by atoms with Crippen LogP contribution in [0.15, 0.2) is 0 Å². The molecular weight excluding hydrogens is 358 g/mol. The molecule has 8 heteroatoms. The minimum absolute atomic E-state index is 0.173. The molecule has 0 bridgehead atoms. The van der Waals surface area contributed by atoms with Gasteiger partial charge in [-0.2, -0.15) is 0 Å². The molecule has 130 valence electrons. The van der Waals surface area contributed by atoms with Crippen molar-refractivity contribution in [2.75, 3.05) is 37.9 Å². The summed E-state index contributed by atoms with van der Waals surface area (Å²) in [5, 5.41) is 0. The largest absolute Gasteiger partial charge is 0.325 e. The summed E-state index contributed by atoms with van der Waals surface area (Å²) in [7, 11) is -1.42. The molecular formula is C14H28O4P2S2. The van der Waals surface area contributed by atoms with Gasteiger partial charge in [0.15, 0.2) is 0 Å².